The van der Waals surface area contributed by atoms with Gasteiger partial charge in [0, 0.05) is 24.2 Å². The van der Waals surface area contributed by atoms with Crippen molar-refractivity contribution in [1.82, 2.24) is 20.3 Å². The van der Waals surface area contributed by atoms with Gasteiger partial charge in [0.15, 0.2) is 0 Å². The van der Waals surface area contributed by atoms with Gasteiger partial charge in [0.2, 0.25) is 5.95 Å². The first-order valence-corrected chi connectivity index (χ1v) is 11.5. The zero-order valence-electron chi connectivity index (χ0n) is 19.9. The zero-order chi connectivity index (χ0) is 26.0. The third kappa shape index (κ3) is 5.57. The summed E-state index contributed by atoms with van der Waals surface area (Å²) in [5.41, 5.74) is 11.4. The van der Waals surface area contributed by atoms with Crippen molar-refractivity contribution in [3.63, 3.8) is 0 Å². The highest BCUT2D eigenvalue weighted by molar-refractivity contribution is 5.96. The number of nitrogens with zero attached hydrogens (tertiary/aromatic N) is 4. The normalized spacial score (nSPS) is 15.7. The minimum Gasteiger partial charge on any atom is -0.399 e. The maximum atomic E-state index is 13.3. The lowest BCUT2D eigenvalue weighted by atomic mass is 10.0. The predicted octanol–water partition coefficient (Wildman–Crippen LogP) is 2.84. The molecule has 0 radical (unpaired) electrons. The average molecular weight is 504 g/mol. The Bertz CT molecular complexity index is 1260. The van der Waals surface area contributed by atoms with Crippen LogP contribution in [0.15, 0.2) is 30.5 Å². The van der Waals surface area contributed by atoms with Crippen LogP contribution in [0.3, 0.4) is 0 Å². The number of anilines is 4. The van der Waals surface area contributed by atoms with Crippen molar-refractivity contribution >= 4 is 40.1 Å². The van der Waals surface area contributed by atoms with E-state index in [0.717, 1.165) is 43.9 Å². The summed E-state index contributed by atoms with van der Waals surface area (Å²) in [5.74, 6) is 0.492. The van der Waals surface area contributed by atoms with E-state index in [4.69, 9.17) is 11.5 Å². The summed E-state index contributed by atoms with van der Waals surface area (Å²) < 4.78 is 40.0. The smallest absolute Gasteiger partial charge is 0.399 e. The van der Waals surface area contributed by atoms with Crippen molar-refractivity contribution in [2.45, 2.75) is 38.1 Å². The Kier molecular flexibility index (Phi) is 7.13. The van der Waals surface area contributed by atoms with Gasteiger partial charge in [0.05, 0.1) is 23.3 Å². The van der Waals surface area contributed by atoms with Gasteiger partial charge in [-0.15, -0.1) is 0 Å². The number of hydrogen-bond acceptors (Lipinski definition) is 9. The van der Waals surface area contributed by atoms with E-state index in [-0.39, 0.29) is 11.6 Å². The molecule has 1 unspecified atom stereocenters. The van der Waals surface area contributed by atoms with Gasteiger partial charge in [-0.25, -0.2) is 9.97 Å². The van der Waals surface area contributed by atoms with Gasteiger partial charge in [0.1, 0.15) is 17.8 Å². The van der Waals surface area contributed by atoms with E-state index >= 15 is 0 Å². The molecule has 192 valence electrons. The highest BCUT2D eigenvalue weighted by atomic mass is 19.4. The first-order chi connectivity index (χ1) is 17.0. The van der Waals surface area contributed by atoms with Gasteiger partial charge in [-0.2, -0.15) is 18.2 Å². The number of halogens is 3. The number of benzene rings is 1. The number of fused-ring (bicyclic) bond motifs is 1. The molecule has 3 aromatic rings. The summed E-state index contributed by atoms with van der Waals surface area (Å²) >= 11 is 0. The van der Waals surface area contributed by atoms with Gasteiger partial charge in [-0.1, -0.05) is 0 Å². The molecule has 36 heavy (non-hydrogen) atoms. The van der Waals surface area contributed by atoms with Crippen molar-refractivity contribution in [1.29, 1.82) is 0 Å². The molecule has 1 fully saturated rings. The van der Waals surface area contributed by atoms with Gasteiger partial charge < -0.3 is 21.7 Å². The van der Waals surface area contributed by atoms with Gasteiger partial charge in [-0.3, -0.25) is 15.4 Å². The summed E-state index contributed by atoms with van der Waals surface area (Å²) in [4.78, 5) is 27.8. The largest absolute Gasteiger partial charge is 0.416 e. The summed E-state index contributed by atoms with van der Waals surface area (Å²) in [5, 5.41) is 8.94. The summed E-state index contributed by atoms with van der Waals surface area (Å²) in [6.45, 7) is 3.44. The molecule has 0 spiro atoms. The highest BCUT2D eigenvalue weighted by Gasteiger charge is 2.31. The number of carbonyl (C=O) groups is 1. The minimum absolute atomic E-state index is 0.00412. The van der Waals surface area contributed by atoms with Crippen molar-refractivity contribution in [3.05, 3.63) is 41.6 Å². The Labute approximate surface area is 205 Å². The van der Waals surface area contributed by atoms with Crippen molar-refractivity contribution < 1.29 is 18.0 Å². The summed E-state index contributed by atoms with van der Waals surface area (Å²) in [6, 6.07) is 4.63. The van der Waals surface area contributed by atoms with Crippen molar-refractivity contribution in [2.24, 2.45) is 5.73 Å². The van der Waals surface area contributed by atoms with Crippen LogP contribution in [0, 0.1) is 0 Å². The molecule has 0 saturated carbocycles. The van der Waals surface area contributed by atoms with Crippen LogP contribution in [0.2, 0.25) is 0 Å². The second-order valence-corrected chi connectivity index (χ2v) is 8.66. The van der Waals surface area contributed by atoms with Crippen molar-refractivity contribution in [3.8, 4) is 0 Å². The molecular formula is C23H28F3N9O. The third-order valence-corrected chi connectivity index (χ3v) is 5.98. The highest BCUT2D eigenvalue weighted by Crippen LogP contribution is 2.34. The van der Waals surface area contributed by atoms with E-state index in [0.29, 0.717) is 22.3 Å². The average Bonchev–Trinajstić information content (AvgIpc) is 3.37. The van der Waals surface area contributed by atoms with Crippen LogP contribution >= 0.6 is 0 Å². The number of nitrogen functional groups attached to an aromatic ring is 1. The molecule has 1 amide bonds. The Balaban J connectivity index is 1.74. The molecule has 1 aliphatic heterocycles. The topological polar surface area (TPSA) is 147 Å². The number of aromatic nitrogens is 3. The summed E-state index contributed by atoms with van der Waals surface area (Å²) in [7, 11) is 1.53. The fourth-order valence-electron chi connectivity index (χ4n) is 4.00. The Hall–Kier alpha value is -3.71. The number of nitrogens with one attached hydrogen (secondary N) is 3. The molecule has 0 bridgehead atoms. The lowest BCUT2D eigenvalue weighted by molar-refractivity contribution is -0.137. The second kappa shape index (κ2) is 10.1. The van der Waals surface area contributed by atoms with Crippen molar-refractivity contribution in [2.75, 3.05) is 41.4 Å². The Morgan fingerprint density at radius 3 is 2.53 bits per heavy atom. The lowest BCUT2D eigenvalue weighted by Crippen LogP contribution is -2.45. The molecule has 1 aromatic carbocycles. The molecule has 0 aliphatic carbocycles. The van der Waals surface area contributed by atoms with Crippen LogP contribution in [-0.2, 0) is 11.0 Å². The van der Waals surface area contributed by atoms with E-state index in [1.165, 1.54) is 13.1 Å². The molecule has 10 nitrogen and oxygen atoms in total. The van der Waals surface area contributed by atoms with Gasteiger partial charge in [-0.05, 0) is 56.6 Å². The third-order valence-electron chi connectivity index (χ3n) is 5.98. The van der Waals surface area contributed by atoms with Gasteiger partial charge in [0.25, 0.3) is 5.91 Å². The monoisotopic (exact) mass is 503 g/mol. The predicted molar refractivity (Wildman–Crippen MR) is 132 cm³/mol. The van der Waals surface area contributed by atoms with Gasteiger partial charge >= 0.3 is 6.18 Å². The van der Waals surface area contributed by atoms with Crippen LogP contribution in [0.5, 0.6) is 0 Å². The SMILES string of the molecule is CNC(N)C(=O)Nc1nc(N[C@H](C)c2cc(N)cc(C(F)(F)F)c2)c2cc(N3CCCC3)ncc2n1. The number of alkyl halides is 3. The molecule has 2 atom stereocenters. The van der Waals surface area contributed by atoms with E-state index in [9.17, 15) is 18.0 Å². The van der Waals surface area contributed by atoms with E-state index < -0.39 is 29.9 Å². The molecule has 3 heterocycles. The molecule has 4 rings (SSSR count). The number of pyridine rings is 1. The number of likely N-dealkylation sites (N-methyl/N-ethyl adjacent to an activating group) is 1. The van der Waals surface area contributed by atoms with Crippen LogP contribution in [0.1, 0.15) is 36.9 Å². The van der Waals surface area contributed by atoms with Crippen LogP contribution in [-0.4, -0.2) is 47.2 Å². The zero-order valence-corrected chi connectivity index (χ0v) is 19.9. The fourth-order valence-corrected chi connectivity index (χ4v) is 4.00. The number of hydrogen-bond donors (Lipinski definition) is 5. The maximum absolute atomic E-state index is 13.3. The minimum atomic E-state index is -4.54. The van der Waals surface area contributed by atoms with Crippen LogP contribution in [0.25, 0.3) is 10.9 Å². The number of amides is 1. The molecule has 1 saturated heterocycles. The van der Waals surface area contributed by atoms with Crippen LogP contribution < -0.4 is 32.3 Å². The summed E-state index contributed by atoms with van der Waals surface area (Å²) in [6.07, 6.45) is -1.82. The Morgan fingerprint density at radius 2 is 1.86 bits per heavy atom. The van der Waals surface area contributed by atoms with E-state index in [1.807, 2.05) is 6.07 Å². The molecule has 13 heteroatoms. The Morgan fingerprint density at radius 1 is 1.14 bits per heavy atom. The quantitative estimate of drug-likeness (QED) is 0.242. The standard InChI is InChI=1S/C23H28F3N9O/c1-12(13-7-14(23(24,25)26)9-15(27)8-13)31-20-16-10-18(35-5-3-4-6-35)30-11-17(16)32-22(33-20)34-21(36)19(28)29-2/h7-12,19,29H,3-6,27-28H2,1-2H3,(H2,31,32,33,34,36)/t12-,19?/m1/s1. The molecule has 2 aromatic heterocycles. The number of carbonyl (C=O) groups excluding carboxylic acids is 1. The van der Waals surface area contributed by atoms with E-state index in [2.05, 4.69) is 35.8 Å². The fraction of sp³-hybridized carbons (Fsp3) is 0.391. The molecule has 1 aliphatic rings. The lowest BCUT2D eigenvalue weighted by Gasteiger charge is -2.21. The molecule has 7 N–H and O–H groups in total. The second-order valence-electron chi connectivity index (χ2n) is 8.66. The van der Waals surface area contributed by atoms with E-state index in [1.54, 1.807) is 13.1 Å². The molecular weight excluding hydrogens is 475 g/mol. The maximum Gasteiger partial charge on any atom is 0.416 e. The number of nitrogens with two attached hydrogens (primary N) is 2. The first kappa shape index (κ1) is 25.4. The number of rotatable bonds is 7. The van der Waals surface area contributed by atoms with Crippen LogP contribution in [0.4, 0.5) is 36.4 Å². The first-order valence-electron chi connectivity index (χ1n) is 11.5.